The summed E-state index contributed by atoms with van der Waals surface area (Å²) in [5, 5.41) is 11.8. The lowest BCUT2D eigenvalue weighted by molar-refractivity contribution is -0.140. The third-order valence-electron chi connectivity index (χ3n) is 2.39. The lowest BCUT2D eigenvalue weighted by Gasteiger charge is -2.17. The van der Waals surface area contributed by atoms with E-state index < -0.39 is 23.6 Å². The summed E-state index contributed by atoms with van der Waals surface area (Å²) in [5.74, 6) is -2.56. The Labute approximate surface area is 110 Å². The number of carbonyl (C=O) groups is 1. The lowest BCUT2D eigenvalue weighted by Crippen LogP contribution is -2.41. The molecule has 0 aliphatic heterocycles. The van der Waals surface area contributed by atoms with E-state index in [9.17, 15) is 13.6 Å². The van der Waals surface area contributed by atoms with Crippen LogP contribution in [0.15, 0.2) is 18.2 Å². The van der Waals surface area contributed by atoms with Gasteiger partial charge in [0.2, 0.25) is 0 Å². The Morgan fingerprint density at radius 1 is 1.42 bits per heavy atom. The molecule has 1 unspecified atom stereocenters. The highest BCUT2D eigenvalue weighted by atomic mass is 19.1. The molecule has 19 heavy (non-hydrogen) atoms. The van der Waals surface area contributed by atoms with Gasteiger partial charge < -0.3 is 15.2 Å². The minimum Gasteiger partial charge on any atom is -0.490 e. The van der Waals surface area contributed by atoms with Crippen molar-refractivity contribution < 1.29 is 23.4 Å². The number of aliphatic carboxylic acids is 1. The second-order valence-corrected chi connectivity index (χ2v) is 4.42. The van der Waals surface area contributed by atoms with Gasteiger partial charge in [0.15, 0.2) is 11.6 Å². The van der Waals surface area contributed by atoms with E-state index in [1.807, 2.05) is 13.8 Å². The molecule has 0 fully saturated rings. The average Bonchev–Trinajstić information content (AvgIpc) is 2.29. The summed E-state index contributed by atoms with van der Waals surface area (Å²) in [6, 6.07) is 2.23. The maximum absolute atomic E-state index is 13.2. The number of nitrogens with one attached hydrogen (secondary N) is 1. The Morgan fingerprint density at radius 2 is 2.11 bits per heavy atom. The maximum Gasteiger partial charge on any atom is 0.320 e. The first-order valence-corrected chi connectivity index (χ1v) is 5.97. The van der Waals surface area contributed by atoms with Crippen molar-refractivity contribution in [3.05, 3.63) is 29.8 Å². The largest absolute Gasteiger partial charge is 0.490 e. The normalized spacial score (nSPS) is 12.5. The molecule has 1 rings (SSSR count). The molecule has 0 saturated carbocycles. The number of halogens is 2. The van der Waals surface area contributed by atoms with Crippen molar-refractivity contribution >= 4 is 5.97 Å². The molecule has 0 saturated heterocycles. The van der Waals surface area contributed by atoms with Gasteiger partial charge in [-0.25, -0.2) is 8.78 Å². The maximum atomic E-state index is 13.2. The van der Waals surface area contributed by atoms with Crippen molar-refractivity contribution in [1.29, 1.82) is 0 Å². The van der Waals surface area contributed by atoms with E-state index in [4.69, 9.17) is 9.84 Å². The van der Waals surface area contributed by atoms with Crippen LogP contribution in [0.1, 0.15) is 20.3 Å². The van der Waals surface area contributed by atoms with E-state index in [1.165, 1.54) is 6.07 Å². The number of carboxylic acids is 1. The zero-order valence-corrected chi connectivity index (χ0v) is 10.8. The first-order valence-electron chi connectivity index (χ1n) is 5.97. The number of rotatable bonds is 7. The van der Waals surface area contributed by atoms with Crippen LogP contribution < -0.4 is 10.1 Å². The van der Waals surface area contributed by atoms with Crippen molar-refractivity contribution in [1.82, 2.24) is 5.32 Å². The van der Waals surface area contributed by atoms with Gasteiger partial charge in [-0.2, -0.15) is 0 Å². The van der Waals surface area contributed by atoms with Crippen LogP contribution in [-0.4, -0.2) is 29.8 Å². The molecule has 0 aliphatic rings. The molecular formula is C13H17F2NO3. The number of hydrogen-bond acceptors (Lipinski definition) is 3. The number of ether oxygens (including phenoxy) is 1. The number of carboxylic acid groups (broad SMARTS) is 1. The second kappa shape index (κ2) is 7.04. The molecule has 0 aliphatic carbocycles. The van der Waals surface area contributed by atoms with Crippen LogP contribution in [-0.2, 0) is 4.79 Å². The van der Waals surface area contributed by atoms with Gasteiger partial charge in [0.25, 0.3) is 0 Å². The molecule has 4 nitrogen and oxygen atoms in total. The molecule has 0 bridgehead atoms. The molecule has 2 N–H and O–H groups in total. The zero-order chi connectivity index (χ0) is 14.4. The fourth-order valence-electron chi connectivity index (χ4n) is 1.56. The Morgan fingerprint density at radius 3 is 2.63 bits per heavy atom. The van der Waals surface area contributed by atoms with Gasteiger partial charge in [-0.1, -0.05) is 13.8 Å². The molecule has 0 aromatic heterocycles. The van der Waals surface area contributed by atoms with E-state index in [2.05, 4.69) is 5.32 Å². The Balaban J connectivity index is 2.49. The SMILES string of the molecule is CC(C)NC(CCOc1ccc(F)cc1F)C(=O)O. The fraction of sp³-hybridized carbons (Fsp3) is 0.462. The molecule has 1 atom stereocenters. The predicted octanol–water partition coefficient (Wildman–Crippen LogP) is 2.18. The molecule has 0 amide bonds. The second-order valence-electron chi connectivity index (χ2n) is 4.42. The van der Waals surface area contributed by atoms with Gasteiger partial charge >= 0.3 is 5.97 Å². The molecular weight excluding hydrogens is 256 g/mol. The first kappa shape index (κ1) is 15.4. The van der Waals surface area contributed by atoms with Gasteiger partial charge in [0.1, 0.15) is 11.9 Å². The van der Waals surface area contributed by atoms with E-state index in [0.29, 0.717) is 0 Å². The Hall–Kier alpha value is -1.69. The smallest absolute Gasteiger partial charge is 0.320 e. The van der Waals surface area contributed by atoms with Crippen LogP contribution in [0.4, 0.5) is 8.78 Å². The van der Waals surface area contributed by atoms with E-state index in [1.54, 1.807) is 0 Å². The quantitative estimate of drug-likeness (QED) is 0.799. The summed E-state index contributed by atoms with van der Waals surface area (Å²) in [6.07, 6.45) is 0.185. The summed E-state index contributed by atoms with van der Waals surface area (Å²) in [5.41, 5.74) is 0. The van der Waals surface area contributed by atoms with Crippen LogP contribution in [0.2, 0.25) is 0 Å². The summed E-state index contributed by atoms with van der Waals surface area (Å²) in [7, 11) is 0. The highest BCUT2D eigenvalue weighted by Crippen LogP contribution is 2.17. The van der Waals surface area contributed by atoms with Crippen molar-refractivity contribution in [2.24, 2.45) is 0 Å². The molecule has 0 heterocycles. The highest BCUT2D eigenvalue weighted by molar-refractivity contribution is 5.73. The van der Waals surface area contributed by atoms with E-state index in [-0.39, 0.29) is 24.8 Å². The predicted molar refractivity (Wildman–Crippen MR) is 66.2 cm³/mol. The monoisotopic (exact) mass is 273 g/mol. The van der Waals surface area contributed by atoms with Gasteiger partial charge in [-0.15, -0.1) is 0 Å². The van der Waals surface area contributed by atoms with E-state index >= 15 is 0 Å². The van der Waals surface area contributed by atoms with Crippen LogP contribution >= 0.6 is 0 Å². The van der Waals surface area contributed by atoms with Crippen LogP contribution in [0, 0.1) is 11.6 Å². The standard InChI is InChI=1S/C13H17F2NO3/c1-8(2)16-11(13(17)18)5-6-19-12-4-3-9(14)7-10(12)15/h3-4,7-8,11,16H,5-6H2,1-2H3,(H,17,18). The molecule has 0 spiro atoms. The first-order chi connectivity index (χ1) is 8.90. The summed E-state index contributed by atoms with van der Waals surface area (Å²) in [4.78, 5) is 10.9. The lowest BCUT2D eigenvalue weighted by atomic mass is 10.2. The van der Waals surface area contributed by atoms with Crippen LogP contribution in [0.3, 0.4) is 0 Å². The van der Waals surface area contributed by atoms with Crippen molar-refractivity contribution in [3.63, 3.8) is 0 Å². The zero-order valence-electron chi connectivity index (χ0n) is 10.8. The minimum absolute atomic E-state index is 0.0173. The Kier molecular flexibility index (Phi) is 5.69. The van der Waals surface area contributed by atoms with Gasteiger partial charge in [-0.3, -0.25) is 4.79 Å². The van der Waals surface area contributed by atoms with Gasteiger partial charge in [-0.05, 0) is 12.1 Å². The van der Waals surface area contributed by atoms with Crippen molar-refractivity contribution in [3.8, 4) is 5.75 Å². The van der Waals surface area contributed by atoms with Gasteiger partial charge in [0.05, 0.1) is 6.61 Å². The Bertz CT molecular complexity index is 438. The molecule has 1 aromatic rings. The van der Waals surface area contributed by atoms with Crippen LogP contribution in [0.5, 0.6) is 5.75 Å². The molecule has 1 aromatic carbocycles. The third-order valence-corrected chi connectivity index (χ3v) is 2.39. The fourth-order valence-corrected chi connectivity index (χ4v) is 1.56. The summed E-state index contributed by atoms with van der Waals surface area (Å²) in [6.45, 7) is 3.69. The topological polar surface area (TPSA) is 58.6 Å². The minimum atomic E-state index is -0.989. The molecule has 0 radical (unpaired) electrons. The van der Waals surface area contributed by atoms with Crippen molar-refractivity contribution in [2.75, 3.05) is 6.61 Å². The number of benzene rings is 1. The average molecular weight is 273 g/mol. The third kappa shape index (κ3) is 5.21. The summed E-state index contributed by atoms with van der Waals surface area (Å²) < 4.78 is 31.0. The highest BCUT2D eigenvalue weighted by Gasteiger charge is 2.18. The summed E-state index contributed by atoms with van der Waals surface area (Å²) >= 11 is 0. The van der Waals surface area contributed by atoms with Crippen molar-refractivity contribution in [2.45, 2.75) is 32.4 Å². The van der Waals surface area contributed by atoms with Crippen LogP contribution in [0.25, 0.3) is 0 Å². The molecule has 106 valence electrons. The molecule has 6 heteroatoms. The van der Waals surface area contributed by atoms with Gasteiger partial charge in [0, 0.05) is 18.5 Å². The number of hydrogen-bond donors (Lipinski definition) is 2. The van der Waals surface area contributed by atoms with E-state index in [0.717, 1.165) is 12.1 Å².